The van der Waals surface area contributed by atoms with Crippen LogP contribution in [0.5, 0.6) is 0 Å². The summed E-state index contributed by atoms with van der Waals surface area (Å²) in [5, 5.41) is 2.70. The average molecular weight is 241 g/mol. The summed E-state index contributed by atoms with van der Waals surface area (Å²) in [4.78, 5) is 0. The number of rotatable bonds is 5. The Labute approximate surface area is 97.8 Å². The van der Waals surface area contributed by atoms with E-state index in [9.17, 15) is 8.42 Å². The van der Waals surface area contributed by atoms with Crippen molar-refractivity contribution in [2.75, 3.05) is 13.3 Å². The molecular formula is C12H19NO2S. The zero-order valence-electron chi connectivity index (χ0n) is 9.97. The predicted molar refractivity (Wildman–Crippen MR) is 67.3 cm³/mol. The zero-order valence-corrected chi connectivity index (χ0v) is 10.8. The molecule has 0 spiro atoms. The zero-order chi connectivity index (χ0) is 12.2. The summed E-state index contributed by atoms with van der Waals surface area (Å²) in [6.45, 7) is 1.75. The second-order valence-corrected chi connectivity index (χ2v) is 6.52. The molecule has 1 rings (SSSR count). The Balaban J connectivity index is 2.77. The summed E-state index contributed by atoms with van der Waals surface area (Å²) in [6.07, 6.45) is 2.01. The minimum absolute atomic E-state index is 0.0441. The molecule has 1 N–H and O–H groups in total. The molecule has 0 heterocycles. The van der Waals surface area contributed by atoms with Crippen molar-refractivity contribution in [2.45, 2.75) is 24.6 Å². The number of hydrogen-bond acceptors (Lipinski definition) is 3. The molecule has 4 heteroatoms. The summed E-state index contributed by atoms with van der Waals surface area (Å²) in [5.41, 5.74) is 1.15. The monoisotopic (exact) mass is 241 g/mol. The minimum atomic E-state index is -3.00. The summed E-state index contributed by atoms with van der Waals surface area (Å²) >= 11 is 0. The Morgan fingerprint density at radius 3 is 2.25 bits per heavy atom. The Morgan fingerprint density at radius 2 is 1.81 bits per heavy atom. The van der Waals surface area contributed by atoms with Crippen LogP contribution in [0.2, 0.25) is 0 Å². The topological polar surface area (TPSA) is 46.2 Å². The van der Waals surface area contributed by atoms with Crippen LogP contribution in [-0.4, -0.2) is 33.0 Å². The summed E-state index contributed by atoms with van der Waals surface area (Å²) in [7, 11) is -1.20. The molecule has 16 heavy (non-hydrogen) atoms. The van der Waals surface area contributed by atoms with Crippen molar-refractivity contribution in [3.63, 3.8) is 0 Å². The second kappa shape index (κ2) is 5.46. The first kappa shape index (κ1) is 13.2. The molecule has 0 bridgehead atoms. The Hall–Kier alpha value is -0.870. The fraction of sp³-hybridized carbons (Fsp3) is 0.500. The minimum Gasteiger partial charge on any atom is -0.315 e. The lowest BCUT2D eigenvalue weighted by molar-refractivity contribution is 0.516. The molecule has 0 amide bonds. The van der Waals surface area contributed by atoms with Crippen LogP contribution in [0.25, 0.3) is 0 Å². The highest BCUT2D eigenvalue weighted by atomic mass is 32.2. The third-order valence-electron chi connectivity index (χ3n) is 2.91. The van der Waals surface area contributed by atoms with Crippen molar-refractivity contribution >= 4 is 9.84 Å². The van der Waals surface area contributed by atoms with Gasteiger partial charge in [0.25, 0.3) is 0 Å². The van der Waals surface area contributed by atoms with Crippen molar-refractivity contribution in [1.82, 2.24) is 5.32 Å². The maximum atomic E-state index is 11.5. The van der Waals surface area contributed by atoms with Gasteiger partial charge in [-0.2, -0.15) is 0 Å². The van der Waals surface area contributed by atoms with Gasteiger partial charge in [-0.1, -0.05) is 30.3 Å². The van der Waals surface area contributed by atoms with Gasteiger partial charge in [0.2, 0.25) is 0 Å². The van der Waals surface area contributed by atoms with Crippen LogP contribution in [0.1, 0.15) is 12.5 Å². The molecule has 0 aliphatic carbocycles. The van der Waals surface area contributed by atoms with Gasteiger partial charge in [0, 0.05) is 12.3 Å². The van der Waals surface area contributed by atoms with Crippen molar-refractivity contribution in [3.8, 4) is 0 Å². The molecule has 0 saturated carbocycles. The summed E-state index contributed by atoms with van der Waals surface area (Å²) in [6, 6.07) is 9.87. The van der Waals surface area contributed by atoms with Gasteiger partial charge in [-0.15, -0.1) is 0 Å². The SMILES string of the molecule is CNC(Cc1ccccc1)C(C)S(C)(=O)=O. The maximum Gasteiger partial charge on any atom is 0.151 e. The van der Waals surface area contributed by atoms with Gasteiger partial charge in [0.1, 0.15) is 0 Å². The number of benzene rings is 1. The van der Waals surface area contributed by atoms with Crippen molar-refractivity contribution < 1.29 is 8.42 Å². The molecule has 90 valence electrons. The normalized spacial score (nSPS) is 15.7. The molecule has 1 aromatic carbocycles. The van der Waals surface area contributed by atoms with Crippen LogP contribution in [-0.2, 0) is 16.3 Å². The largest absolute Gasteiger partial charge is 0.315 e. The first-order valence-corrected chi connectivity index (χ1v) is 7.30. The second-order valence-electron chi connectivity index (χ2n) is 4.12. The molecule has 2 unspecified atom stereocenters. The van der Waals surface area contributed by atoms with Gasteiger partial charge in [0.05, 0.1) is 5.25 Å². The number of likely N-dealkylation sites (N-methyl/N-ethyl adjacent to an activating group) is 1. The van der Waals surface area contributed by atoms with E-state index in [0.717, 1.165) is 12.0 Å². The van der Waals surface area contributed by atoms with E-state index in [1.807, 2.05) is 30.3 Å². The van der Waals surface area contributed by atoms with Crippen molar-refractivity contribution in [1.29, 1.82) is 0 Å². The van der Waals surface area contributed by atoms with E-state index >= 15 is 0 Å². The van der Waals surface area contributed by atoms with Crippen LogP contribution in [0.4, 0.5) is 0 Å². The standard InChI is InChI=1S/C12H19NO2S/c1-10(16(3,14)15)12(13-2)9-11-7-5-4-6-8-11/h4-8,10,12-13H,9H2,1-3H3. The molecule has 2 atom stereocenters. The molecule has 0 aliphatic rings. The smallest absolute Gasteiger partial charge is 0.151 e. The van der Waals surface area contributed by atoms with Gasteiger partial charge < -0.3 is 5.32 Å². The molecule has 0 aromatic heterocycles. The fourth-order valence-electron chi connectivity index (χ4n) is 1.67. The molecular weight excluding hydrogens is 222 g/mol. The highest BCUT2D eigenvalue weighted by Gasteiger charge is 2.24. The molecule has 3 nitrogen and oxygen atoms in total. The van der Waals surface area contributed by atoms with E-state index in [4.69, 9.17) is 0 Å². The Kier molecular flexibility index (Phi) is 4.50. The number of sulfone groups is 1. The first-order valence-electron chi connectivity index (χ1n) is 5.35. The number of hydrogen-bond donors (Lipinski definition) is 1. The molecule has 0 saturated heterocycles. The highest BCUT2D eigenvalue weighted by molar-refractivity contribution is 7.91. The summed E-state index contributed by atoms with van der Waals surface area (Å²) in [5.74, 6) is 0. The van der Waals surface area contributed by atoms with Crippen LogP contribution in [0.3, 0.4) is 0 Å². The van der Waals surface area contributed by atoms with E-state index in [1.54, 1.807) is 14.0 Å². The van der Waals surface area contributed by atoms with E-state index in [2.05, 4.69) is 5.32 Å². The van der Waals surface area contributed by atoms with E-state index in [1.165, 1.54) is 6.26 Å². The lowest BCUT2D eigenvalue weighted by Crippen LogP contribution is -2.41. The third-order valence-corrected chi connectivity index (χ3v) is 4.59. The quantitative estimate of drug-likeness (QED) is 0.844. The first-order chi connectivity index (χ1) is 7.45. The van der Waals surface area contributed by atoms with E-state index < -0.39 is 9.84 Å². The van der Waals surface area contributed by atoms with Crippen LogP contribution >= 0.6 is 0 Å². The third kappa shape index (κ3) is 3.61. The van der Waals surface area contributed by atoms with Gasteiger partial charge in [0.15, 0.2) is 9.84 Å². The van der Waals surface area contributed by atoms with Gasteiger partial charge in [-0.05, 0) is 26.0 Å². The van der Waals surface area contributed by atoms with E-state index in [0.29, 0.717) is 0 Å². The molecule has 0 radical (unpaired) electrons. The van der Waals surface area contributed by atoms with Crippen molar-refractivity contribution in [2.24, 2.45) is 0 Å². The van der Waals surface area contributed by atoms with Crippen molar-refractivity contribution in [3.05, 3.63) is 35.9 Å². The van der Waals surface area contributed by atoms with Crippen LogP contribution < -0.4 is 5.32 Å². The molecule has 1 aromatic rings. The van der Waals surface area contributed by atoms with Crippen LogP contribution in [0, 0.1) is 0 Å². The van der Waals surface area contributed by atoms with Crippen LogP contribution in [0.15, 0.2) is 30.3 Å². The van der Waals surface area contributed by atoms with Gasteiger partial charge in [-0.3, -0.25) is 0 Å². The molecule has 0 aliphatic heterocycles. The maximum absolute atomic E-state index is 11.5. The number of nitrogens with one attached hydrogen (secondary N) is 1. The Morgan fingerprint density at radius 1 is 1.25 bits per heavy atom. The lowest BCUT2D eigenvalue weighted by Gasteiger charge is -2.22. The van der Waals surface area contributed by atoms with Gasteiger partial charge in [-0.25, -0.2) is 8.42 Å². The highest BCUT2D eigenvalue weighted by Crippen LogP contribution is 2.10. The fourth-order valence-corrected chi connectivity index (χ4v) is 2.50. The average Bonchev–Trinajstić information content (AvgIpc) is 2.25. The predicted octanol–water partition coefficient (Wildman–Crippen LogP) is 1.25. The van der Waals surface area contributed by atoms with E-state index in [-0.39, 0.29) is 11.3 Å². The van der Waals surface area contributed by atoms with Gasteiger partial charge >= 0.3 is 0 Å². The molecule has 0 fully saturated rings. The Bertz CT molecular complexity index is 414. The lowest BCUT2D eigenvalue weighted by atomic mass is 10.0. The summed E-state index contributed by atoms with van der Waals surface area (Å²) < 4.78 is 23.0.